The van der Waals surface area contributed by atoms with Gasteiger partial charge in [0, 0.05) is 51.2 Å². The van der Waals surface area contributed by atoms with Crippen LogP contribution in [0.4, 0.5) is 51.2 Å². The summed E-state index contributed by atoms with van der Waals surface area (Å²) in [6, 6.07) is 134. The lowest BCUT2D eigenvalue weighted by Crippen LogP contribution is -2.10. The molecule has 0 fully saturated rings. The lowest BCUT2D eigenvalue weighted by atomic mass is 9.99. The van der Waals surface area contributed by atoms with Gasteiger partial charge >= 0.3 is 0 Å². The number of anilines is 9. The Morgan fingerprint density at radius 1 is 0.124 bits per heavy atom. The van der Waals surface area contributed by atoms with Crippen LogP contribution in [0, 0.1) is 0 Å². The molecule has 0 N–H and O–H groups in total. The molecule has 420 valence electrons. The van der Waals surface area contributed by atoms with Crippen LogP contribution in [-0.2, 0) is 0 Å². The number of benzene rings is 15. The molecule has 0 aliphatic rings. The maximum atomic E-state index is 2.36. The van der Waals surface area contributed by atoms with Crippen LogP contribution in [0.15, 0.2) is 370 Å². The van der Waals surface area contributed by atoms with Crippen molar-refractivity contribution in [1.82, 2.24) is 0 Å². The van der Waals surface area contributed by atoms with E-state index in [1.807, 2.05) is 0 Å². The van der Waals surface area contributed by atoms with Gasteiger partial charge in [0.2, 0.25) is 0 Å². The van der Waals surface area contributed by atoms with Crippen LogP contribution in [0.25, 0.3) is 88.3 Å². The fraction of sp³-hybridized carbons (Fsp3) is 0. The summed E-state index contributed by atoms with van der Waals surface area (Å²) >= 11 is 0. The van der Waals surface area contributed by atoms with Gasteiger partial charge in [0.1, 0.15) is 0 Å². The zero-order valence-electron chi connectivity index (χ0n) is 49.1. The Morgan fingerprint density at radius 3 is 0.528 bits per heavy atom. The summed E-state index contributed by atoms with van der Waals surface area (Å²) in [6.07, 6.45) is 0. The molecule has 0 atom stereocenters. The Labute approximate surface area is 521 Å². The van der Waals surface area contributed by atoms with E-state index in [1.54, 1.807) is 0 Å². The molecule has 0 unspecified atom stereocenters. The van der Waals surface area contributed by atoms with Gasteiger partial charge in [-0.05, 0) is 198 Å². The minimum absolute atomic E-state index is 1.09. The highest BCUT2D eigenvalue weighted by Gasteiger charge is 2.19. The van der Waals surface area contributed by atoms with E-state index in [0.29, 0.717) is 0 Å². The monoisotopic (exact) mass is 1140 g/mol. The maximum absolute atomic E-state index is 2.36. The second kappa shape index (κ2) is 24.3. The van der Waals surface area contributed by atoms with Crippen molar-refractivity contribution >= 4 is 72.7 Å². The number of hydrogen-bond donors (Lipinski definition) is 0. The largest absolute Gasteiger partial charge is 0.311 e. The van der Waals surface area contributed by atoms with Gasteiger partial charge in [-0.1, -0.05) is 261 Å². The number of fused-ring (bicyclic) bond motifs is 3. The van der Waals surface area contributed by atoms with Crippen molar-refractivity contribution in [2.24, 2.45) is 0 Å². The first kappa shape index (κ1) is 53.9. The zero-order valence-corrected chi connectivity index (χ0v) is 49.1. The second-order valence-corrected chi connectivity index (χ2v) is 22.5. The highest BCUT2D eigenvalue weighted by molar-refractivity contribution is 6.10. The van der Waals surface area contributed by atoms with Crippen LogP contribution in [0.3, 0.4) is 0 Å². The van der Waals surface area contributed by atoms with Crippen LogP contribution >= 0.6 is 0 Å². The van der Waals surface area contributed by atoms with Crippen molar-refractivity contribution in [3.8, 4) is 66.8 Å². The van der Waals surface area contributed by atoms with Crippen molar-refractivity contribution in [3.63, 3.8) is 0 Å². The molecule has 0 aliphatic carbocycles. The first-order chi connectivity index (χ1) is 44.1. The standard InChI is InChI=1S/C86H61N3/c1-6-16-62(17-7-1)68-32-44-77(45-33-68)87(78-46-34-69(35-47-78)63-18-8-2-9-19-63)79-48-40-72(41-49-79)66-26-28-67(29-27-66)73-42-54-80(55-43-73)88(76-24-14-5-15-25-76)83-56-58-85-74(60-83)30-31-75-61-84(57-59-86(75)85)89(81-50-36-70(37-51-81)64-20-10-3-11-21-64)82-52-38-71(39-53-82)65-22-12-4-13-23-65/h1-61H. The van der Waals surface area contributed by atoms with E-state index in [-0.39, 0.29) is 0 Å². The summed E-state index contributed by atoms with van der Waals surface area (Å²) in [5, 5.41) is 4.79. The van der Waals surface area contributed by atoms with Gasteiger partial charge in [0.05, 0.1) is 0 Å². The van der Waals surface area contributed by atoms with Crippen LogP contribution in [-0.4, -0.2) is 0 Å². The zero-order chi connectivity index (χ0) is 59.3. The lowest BCUT2D eigenvalue weighted by Gasteiger charge is -2.27. The summed E-state index contributed by atoms with van der Waals surface area (Å²) in [5.41, 5.74) is 24.1. The molecular formula is C86H61N3. The number of hydrogen-bond acceptors (Lipinski definition) is 3. The molecule has 0 saturated heterocycles. The molecule has 0 saturated carbocycles. The van der Waals surface area contributed by atoms with Crippen LogP contribution in [0.5, 0.6) is 0 Å². The van der Waals surface area contributed by atoms with Crippen molar-refractivity contribution in [2.75, 3.05) is 14.7 Å². The third kappa shape index (κ3) is 11.2. The van der Waals surface area contributed by atoms with E-state index in [4.69, 9.17) is 0 Å². The van der Waals surface area contributed by atoms with Gasteiger partial charge in [0.25, 0.3) is 0 Å². The molecule has 0 heterocycles. The van der Waals surface area contributed by atoms with Gasteiger partial charge in [-0.15, -0.1) is 0 Å². The summed E-state index contributed by atoms with van der Waals surface area (Å²) in [7, 11) is 0. The maximum Gasteiger partial charge on any atom is 0.0468 e. The minimum atomic E-state index is 1.09. The highest BCUT2D eigenvalue weighted by Crippen LogP contribution is 2.43. The summed E-state index contributed by atoms with van der Waals surface area (Å²) in [4.78, 5) is 7.06. The van der Waals surface area contributed by atoms with E-state index in [2.05, 4.69) is 385 Å². The highest BCUT2D eigenvalue weighted by atomic mass is 15.2. The van der Waals surface area contributed by atoms with Crippen LogP contribution in [0.1, 0.15) is 0 Å². The van der Waals surface area contributed by atoms with Crippen LogP contribution < -0.4 is 14.7 Å². The van der Waals surface area contributed by atoms with E-state index < -0.39 is 0 Å². The quantitative estimate of drug-likeness (QED) is 0.0948. The summed E-state index contributed by atoms with van der Waals surface area (Å²) in [6.45, 7) is 0. The summed E-state index contributed by atoms with van der Waals surface area (Å²) in [5.74, 6) is 0. The first-order valence-corrected chi connectivity index (χ1v) is 30.5. The molecule has 0 amide bonds. The Hall–Kier alpha value is -11.8. The normalized spacial score (nSPS) is 11.1. The van der Waals surface area contributed by atoms with Crippen molar-refractivity contribution in [2.45, 2.75) is 0 Å². The number of para-hydroxylation sites is 1. The van der Waals surface area contributed by atoms with Crippen molar-refractivity contribution in [1.29, 1.82) is 0 Å². The van der Waals surface area contributed by atoms with Gasteiger partial charge in [-0.3, -0.25) is 0 Å². The molecule has 0 aromatic heterocycles. The predicted octanol–water partition coefficient (Wildman–Crippen LogP) is 24.4. The SMILES string of the molecule is c1ccc(-c2ccc(N(c3ccc(-c4ccccc4)cc3)c3ccc(-c4ccc(-c5ccc(N(c6ccccc6)c6ccc7c(ccc8cc(N(c9ccc(-c%10ccccc%10)cc9)c9ccc(-c%10ccccc%10)cc9)ccc87)c6)cc5)cc4)cc3)cc2)cc1. The predicted molar refractivity (Wildman–Crippen MR) is 378 cm³/mol. The van der Waals surface area contributed by atoms with E-state index in [1.165, 1.54) is 71.6 Å². The number of rotatable bonds is 15. The molecule has 3 heteroatoms. The molecule has 0 aliphatic heterocycles. The molecule has 89 heavy (non-hydrogen) atoms. The van der Waals surface area contributed by atoms with Crippen molar-refractivity contribution < 1.29 is 0 Å². The Balaban J connectivity index is 0.690. The van der Waals surface area contributed by atoms with Crippen molar-refractivity contribution in [3.05, 3.63) is 370 Å². The molecule has 15 rings (SSSR count). The Kier molecular flexibility index (Phi) is 14.7. The van der Waals surface area contributed by atoms with Gasteiger partial charge in [-0.2, -0.15) is 0 Å². The fourth-order valence-electron chi connectivity index (χ4n) is 12.4. The number of nitrogens with zero attached hydrogens (tertiary/aromatic N) is 3. The molecule has 15 aromatic carbocycles. The average Bonchev–Trinajstić information content (AvgIpc) is 2.24. The first-order valence-electron chi connectivity index (χ1n) is 30.5. The molecule has 3 nitrogen and oxygen atoms in total. The third-order valence-corrected chi connectivity index (χ3v) is 17.1. The van der Waals surface area contributed by atoms with Gasteiger partial charge in [-0.25, -0.2) is 0 Å². The average molecular weight is 1140 g/mol. The second-order valence-electron chi connectivity index (χ2n) is 22.5. The van der Waals surface area contributed by atoms with E-state index in [9.17, 15) is 0 Å². The lowest BCUT2D eigenvalue weighted by molar-refractivity contribution is 1.28. The topological polar surface area (TPSA) is 9.72 Å². The molecule has 15 aromatic rings. The van der Waals surface area contributed by atoms with E-state index in [0.717, 1.165) is 67.9 Å². The Morgan fingerprint density at radius 2 is 0.292 bits per heavy atom. The van der Waals surface area contributed by atoms with Gasteiger partial charge in [0.15, 0.2) is 0 Å². The molecular weight excluding hydrogens is 1070 g/mol. The Bertz CT molecular complexity index is 4680. The van der Waals surface area contributed by atoms with Gasteiger partial charge < -0.3 is 14.7 Å². The molecule has 0 radical (unpaired) electrons. The smallest absolute Gasteiger partial charge is 0.0468 e. The summed E-state index contributed by atoms with van der Waals surface area (Å²) < 4.78 is 0. The fourth-order valence-corrected chi connectivity index (χ4v) is 12.4. The van der Waals surface area contributed by atoms with E-state index >= 15 is 0 Å². The molecule has 0 spiro atoms. The molecule has 0 bridgehead atoms. The van der Waals surface area contributed by atoms with Crippen LogP contribution in [0.2, 0.25) is 0 Å². The minimum Gasteiger partial charge on any atom is -0.311 e. The third-order valence-electron chi connectivity index (χ3n) is 17.1.